The minimum Gasteiger partial charge on any atom is -0.444 e. The zero-order valence-corrected chi connectivity index (χ0v) is 21.7. The van der Waals surface area contributed by atoms with Gasteiger partial charge in [-0.1, -0.05) is 44.5 Å². The van der Waals surface area contributed by atoms with Crippen LogP contribution in [0.5, 0.6) is 0 Å². The monoisotopic (exact) mass is 474 g/mol. The van der Waals surface area contributed by atoms with Gasteiger partial charge in [-0.3, -0.25) is 4.98 Å². The van der Waals surface area contributed by atoms with Crippen LogP contribution < -0.4 is 0 Å². The molecule has 0 radical (unpaired) electrons. The standard InChI is InChI=1S/C26H35ClN2O2S/c1-25(2,3)15-18-7-9-20(28-16-18)17-32-23-21-12-14-29(24(30)31-26(4,5)6)13-11-19(21)8-10-22(23)27/h7-10,16H,11-15,17H2,1-6H3. The van der Waals surface area contributed by atoms with Crippen molar-refractivity contribution in [3.63, 3.8) is 0 Å². The highest BCUT2D eigenvalue weighted by Crippen LogP contribution is 2.36. The van der Waals surface area contributed by atoms with E-state index in [1.807, 2.05) is 37.9 Å². The fraction of sp³-hybridized carbons (Fsp3) is 0.538. The van der Waals surface area contributed by atoms with Gasteiger partial charge in [-0.25, -0.2) is 4.79 Å². The number of thioether (sulfide) groups is 1. The highest BCUT2D eigenvalue weighted by atomic mass is 35.5. The third-order valence-corrected chi connectivity index (χ3v) is 6.85. The summed E-state index contributed by atoms with van der Waals surface area (Å²) in [6.45, 7) is 13.7. The van der Waals surface area contributed by atoms with Crippen molar-refractivity contribution in [2.75, 3.05) is 13.1 Å². The van der Waals surface area contributed by atoms with Gasteiger partial charge in [0.15, 0.2) is 0 Å². The van der Waals surface area contributed by atoms with Crippen molar-refractivity contribution in [1.82, 2.24) is 9.88 Å². The average Bonchev–Trinajstić information content (AvgIpc) is 2.89. The maximum atomic E-state index is 12.6. The van der Waals surface area contributed by atoms with Gasteiger partial charge in [-0.15, -0.1) is 11.8 Å². The number of aromatic nitrogens is 1. The van der Waals surface area contributed by atoms with E-state index in [0.717, 1.165) is 40.6 Å². The fourth-order valence-electron chi connectivity index (χ4n) is 3.83. The fourth-order valence-corrected chi connectivity index (χ4v) is 5.25. The van der Waals surface area contributed by atoms with Crippen LogP contribution in [-0.2, 0) is 29.8 Å². The van der Waals surface area contributed by atoms with Crippen LogP contribution in [0.15, 0.2) is 35.4 Å². The molecule has 1 aromatic carbocycles. The second kappa shape index (κ2) is 10.0. The molecule has 0 fully saturated rings. The normalized spacial score (nSPS) is 14.7. The first-order chi connectivity index (χ1) is 14.9. The van der Waals surface area contributed by atoms with Crippen LogP contribution in [0.25, 0.3) is 0 Å². The molecule has 0 aliphatic carbocycles. The Hall–Kier alpha value is -1.72. The first-order valence-corrected chi connectivity index (χ1v) is 12.6. The van der Waals surface area contributed by atoms with E-state index in [9.17, 15) is 4.79 Å². The van der Waals surface area contributed by atoms with E-state index in [4.69, 9.17) is 16.3 Å². The molecule has 0 saturated carbocycles. The summed E-state index contributed by atoms with van der Waals surface area (Å²) < 4.78 is 5.58. The van der Waals surface area contributed by atoms with E-state index in [-0.39, 0.29) is 11.5 Å². The predicted molar refractivity (Wildman–Crippen MR) is 134 cm³/mol. The summed E-state index contributed by atoms with van der Waals surface area (Å²) in [5.41, 5.74) is 4.58. The number of hydrogen-bond donors (Lipinski definition) is 0. The number of hydrogen-bond acceptors (Lipinski definition) is 4. The van der Waals surface area contributed by atoms with Crippen LogP contribution in [0.4, 0.5) is 4.79 Å². The van der Waals surface area contributed by atoms with Crippen molar-refractivity contribution >= 4 is 29.5 Å². The van der Waals surface area contributed by atoms with Crippen LogP contribution >= 0.6 is 23.4 Å². The number of carbonyl (C=O) groups is 1. The molecule has 0 bridgehead atoms. The average molecular weight is 475 g/mol. The summed E-state index contributed by atoms with van der Waals surface area (Å²) >= 11 is 8.35. The largest absolute Gasteiger partial charge is 0.444 e. The number of pyridine rings is 1. The van der Waals surface area contributed by atoms with Gasteiger partial charge in [0, 0.05) is 29.9 Å². The Morgan fingerprint density at radius 3 is 2.44 bits per heavy atom. The summed E-state index contributed by atoms with van der Waals surface area (Å²) in [5.74, 6) is 0.766. The molecule has 1 amide bonds. The van der Waals surface area contributed by atoms with Gasteiger partial charge in [-0.05, 0) is 74.3 Å². The van der Waals surface area contributed by atoms with Crippen LogP contribution in [0.3, 0.4) is 0 Å². The van der Waals surface area contributed by atoms with Gasteiger partial charge < -0.3 is 9.64 Å². The first-order valence-electron chi connectivity index (χ1n) is 11.3. The van der Waals surface area contributed by atoms with E-state index in [1.165, 1.54) is 16.7 Å². The van der Waals surface area contributed by atoms with Crippen molar-refractivity contribution in [3.8, 4) is 0 Å². The van der Waals surface area contributed by atoms with Gasteiger partial charge >= 0.3 is 6.09 Å². The van der Waals surface area contributed by atoms with Crippen molar-refractivity contribution in [2.45, 2.75) is 77.1 Å². The highest BCUT2D eigenvalue weighted by molar-refractivity contribution is 7.98. The minimum atomic E-state index is -0.490. The zero-order chi connectivity index (χ0) is 23.5. The van der Waals surface area contributed by atoms with E-state index in [1.54, 1.807) is 11.8 Å². The number of amides is 1. The predicted octanol–water partition coefficient (Wildman–Crippen LogP) is 6.95. The van der Waals surface area contributed by atoms with Gasteiger partial charge in [-0.2, -0.15) is 0 Å². The zero-order valence-electron chi connectivity index (χ0n) is 20.1. The molecule has 0 atom stereocenters. The molecule has 6 heteroatoms. The molecule has 32 heavy (non-hydrogen) atoms. The number of ether oxygens (including phenoxy) is 1. The molecule has 2 aromatic rings. The summed E-state index contributed by atoms with van der Waals surface area (Å²) in [4.78, 5) is 20.1. The molecular weight excluding hydrogens is 440 g/mol. The van der Waals surface area contributed by atoms with Crippen LogP contribution in [0.1, 0.15) is 63.9 Å². The molecule has 2 heterocycles. The van der Waals surface area contributed by atoms with E-state index in [2.05, 4.69) is 44.0 Å². The molecule has 1 aromatic heterocycles. The number of halogens is 1. The first kappa shape index (κ1) is 24.9. The highest BCUT2D eigenvalue weighted by Gasteiger charge is 2.25. The molecule has 1 aliphatic heterocycles. The third-order valence-electron chi connectivity index (χ3n) is 5.23. The van der Waals surface area contributed by atoms with Gasteiger partial charge in [0.2, 0.25) is 0 Å². The number of benzene rings is 1. The van der Waals surface area contributed by atoms with Gasteiger partial charge in [0.05, 0.1) is 10.7 Å². The lowest BCUT2D eigenvalue weighted by atomic mass is 9.89. The Bertz CT molecular complexity index is 946. The van der Waals surface area contributed by atoms with Gasteiger partial charge in [0.25, 0.3) is 0 Å². The van der Waals surface area contributed by atoms with Crippen molar-refractivity contribution in [3.05, 3.63) is 57.9 Å². The Morgan fingerprint density at radius 1 is 1.09 bits per heavy atom. The van der Waals surface area contributed by atoms with Crippen LogP contribution in [0.2, 0.25) is 5.02 Å². The molecule has 0 spiro atoms. The molecule has 174 valence electrons. The number of rotatable bonds is 4. The SMILES string of the molecule is CC(C)(C)Cc1ccc(CSc2c(Cl)ccc3c2CCN(C(=O)OC(C)(C)C)CC3)nc1. The Morgan fingerprint density at radius 2 is 1.81 bits per heavy atom. The summed E-state index contributed by atoms with van der Waals surface area (Å²) in [6, 6.07) is 8.37. The number of nitrogens with zero attached hydrogens (tertiary/aromatic N) is 2. The minimum absolute atomic E-state index is 0.245. The summed E-state index contributed by atoms with van der Waals surface area (Å²) in [5, 5.41) is 0.767. The smallest absolute Gasteiger partial charge is 0.410 e. The Labute approximate surface area is 202 Å². The van der Waals surface area contributed by atoms with Crippen molar-refractivity contribution < 1.29 is 9.53 Å². The van der Waals surface area contributed by atoms with Gasteiger partial charge in [0.1, 0.15) is 5.60 Å². The third kappa shape index (κ3) is 7.14. The molecule has 0 saturated heterocycles. The lowest BCUT2D eigenvalue weighted by molar-refractivity contribution is 0.0258. The number of carbonyl (C=O) groups excluding carboxylic acids is 1. The van der Waals surface area contributed by atoms with E-state index in [0.29, 0.717) is 13.1 Å². The maximum absolute atomic E-state index is 12.6. The summed E-state index contributed by atoms with van der Waals surface area (Å²) in [7, 11) is 0. The quantitative estimate of drug-likeness (QED) is 0.449. The van der Waals surface area contributed by atoms with E-state index >= 15 is 0 Å². The van der Waals surface area contributed by atoms with Crippen molar-refractivity contribution in [1.29, 1.82) is 0 Å². The topological polar surface area (TPSA) is 42.4 Å². The maximum Gasteiger partial charge on any atom is 0.410 e. The molecule has 0 N–H and O–H groups in total. The molecular formula is C26H35ClN2O2S. The molecule has 1 aliphatic rings. The van der Waals surface area contributed by atoms with E-state index < -0.39 is 5.60 Å². The second-order valence-corrected chi connectivity index (χ2v) is 12.1. The second-order valence-electron chi connectivity index (χ2n) is 10.7. The van der Waals surface area contributed by atoms with Crippen LogP contribution in [-0.4, -0.2) is 34.7 Å². The lowest BCUT2D eigenvalue weighted by Gasteiger charge is -2.26. The Kier molecular flexibility index (Phi) is 7.82. The lowest BCUT2D eigenvalue weighted by Crippen LogP contribution is -2.38. The molecule has 4 nitrogen and oxygen atoms in total. The number of fused-ring (bicyclic) bond motifs is 1. The summed E-state index contributed by atoms with van der Waals surface area (Å²) in [6.07, 6.45) is 4.34. The van der Waals surface area contributed by atoms with Crippen LogP contribution in [0, 0.1) is 5.41 Å². The molecule has 3 rings (SSSR count). The molecule has 0 unspecified atom stereocenters. The Balaban J connectivity index is 1.69. The van der Waals surface area contributed by atoms with Crippen molar-refractivity contribution in [2.24, 2.45) is 5.41 Å².